The van der Waals surface area contributed by atoms with E-state index >= 15 is 0 Å². The zero-order valence-electron chi connectivity index (χ0n) is 3.79. The Morgan fingerprint density at radius 2 is 2.29 bits per heavy atom. The van der Waals surface area contributed by atoms with Crippen LogP contribution in [0.5, 0.6) is 0 Å². The first-order valence-electron chi connectivity index (χ1n) is 2.20. The summed E-state index contributed by atoms with van der Waals surface area (Å²) >= 11 is 0. The number of carboxylic acids is 1. The Kier molecular flexibility index (Phi) is 0.839. The van der Waals surface area contributed by atoms with Gasteiger partial charge in [-0.05, 0) is 6.42 Å². The first-order valence-corrected chi connectivity index (χ1v) is 2.20. The van der Waals surface area contributed by atoms with Crippen LogP contribution in [-0.2, 0) is 4.79 Å². The molecular weight excluding hydrogens is 90.9 g/mol. The van der Waals surface area contributed by atoms with E-state index in [1.807, 2.05) is 0 Å². The Labute approximate surface area is 42.9 Å². The van der Waals surface area contributed by atoms with Crippen LogP contribution in [0.3, 0.4) is 0 Å². The molecular formula is C4H5BO2. The van der Waals surface area contributed by atoms with Crippen LogP contribution >= 0.6 is 0 Å². The fraction of sp³-hybridized carbons (Fsp3) is 0.750. The van der Waals surface area contributed by atoms with Gasteiger partial charge in [0, 0.05) is 0 Å². The molecule has 1 saturated carbocycles. The highest BCUT2D eigenvalue weighted by molar-refractivity contribution is 6.16. The van der Waals surface area contributed by atoms with E-state index < -0.39 is 5.97 Å². The van der Waals surface area contributed by atoms with E-state index in [1.54, 1.807) is 0 Å². The third kappa shape index (κ3) is 0.761. The molecule has 2 nitrogen and oxygen atoms in total. The number of hydrogen-bond donors (Lipinski definition) is 1. The van der Waals surface area contributed by atoms with Crippen LogP contribution in [0.2, 0.25) is 5.82 Å². The predicted molar refractivity (Wildman–Crippen MR) is 25.2 cm³/mol. The van der Waals surface area contributed by atoms with Gasteiger partial charge in [0.1, 0.15) is 0 Å². The van der Waals surface area contributed by atoms with E-state index in [-0.39, 0.29) is 11.7 Å². The number of hydrogen-bond acceptors (Lipinski definition) is 1. The van der Waals surface area contributed by atoms with Crippen molar-refractivity contribution in [1.82, 2.24) is 0 Å². The van der Waals surface area contributed by atoms with E-state index in [1.165, 1.54) is 0 Å². The molecule has 0 bridgehead atoms. The van der Waals surface area contributed by atoms with Crippen molar-refractivity contribution in [1.29, 1.82) is 0 Å². The second kappa shape index (κ2) is 1.25. The summed E-state index contributed by atoms with van der Waals surface area (Å²) in [5, 5.41) is 8.14. The fourth-order valence-corrected chi connectivity index (χ4v) is 0.499. The van der Waals surface area contributed by atoms with Crippen molar-refractivity contribution in [3.63, 3.8) is 0 Å². The van der Waals surface area contributed by atoms with Gasteiger partial charge in [-0.2, -0.15) is 0 Å². The summed E-state index contributed by atoms with van der Waals surface area (Å²) in [6.07, 6.45) is 0.662. The van der Waals surface area contributed by atoms with Crippen molar-refractivity contribution in [3.05, 3.63) is 0 Å². The first kappa shape index (κ1) is 4.69. The predicted octanol–water partition coefficient (Wildman–Crippen LogP) is 0.0479. The summed E-state index contributed by atoms with van der Waals surface area (Å²) in [6.45, 7) is 0. The minimum Gasteiger partial charge on any atom is -0.481 e. The monoisotopic (exact) mass is 96.0 g/mol. The maximum Gasteiger partial charge on any atom is 0.305 e. The van der Waals surface area contributed by atoms with Crippen molar-refractivity contribution in [2.75, 3.05) is 0 Å². The molecule has 0 amide bonds. The molecule has 1 fully saturated rings. The third-order valence-corrected chi connectivity index (χ3v) is 1.16. The summed E-state index contributed by atoms with van der Waals surface area (Å²) in [5.74, 6) is -1.05. The van der Waals surface area contributed by atoms with Crippen LogP contribution in [0.4, 0.5) is 0 Å². The van der Waals surface area contributed by atoms with Gasteiger partial charge in [-0.3, -0.25) is 4.79 Å². The summed E-state index contributed by atoms with van der Waals surface area (Å²) in [7, 11) is 5.19. The summed E-state index contributed by atoms with van der Waals surface area (Å²) in [5.41, 5.74) is 0. The molecule has 0 heterocycles. The molecule has 0 aromatic heterocycles. The van der Waals surface area contributed by atoms with Crippen LogP contribution in [0.1, 0.15) is 6.42 Å². The van der Waals surface area contributed by atoms with E-state index in [0.717, 1.165) is 0 Å². The topological polar surface area (TPSA) is 37.3 Å². The van der Waals surface area contributed by atoms with Crippen LogP contribution in [0.25, 0.3) is 0 Å². The maximum absolute atomic E-state index is 9.89. The molecule has 2 atom stereocenters. The van der Waals surface area contributed by atoms with E-state index in [4.69, 9.17) is 13.0 Å². The largest absolute Gasteiger partial charge is 0.481 e. The Hall–Kier alpha value is -0.465. The van der Waals surface area contributed by atoms with Gasteiger partial charge >= 0.3 is 5.97 Å². The molecule has 0 aromatic rings. The Morgan fingerprint density at radius 3 is 2.29 bits per heavy atom. The van der Waals surface area contributed by atoms with Crippen molar-refractivity contribution in [3.8, 4) is 0 Å². The Morgan fingerprint density at radius 1 is 1.86 bits per heavy atom. The van der Waals surface area contributed by atoms with Crippen LogP contribution in [0, 0.1) is 5.92 Å². The summed E-state index contributed by atoms with van der Waals surface area (Å²) < 4.78 is 0. The SMILES string of the molecule is [B]C1CC1C(=O)O. The molecule has 2 radical (unpaired) electrons. The molecule has 36 valence electrons. The Bertz CT molecular complexity index is 102. The van der Waals surface area contributed by atoms with Crippen molar-refractivity contribution in [2.24, 2.45) is 5.92 Å². The second-order valence-corrected chi connectivity index (χ2v) is 1.84. The molecule has 3 heteroatoms. The van der Waals surface area contributed by atoms with Gasteiger partial charge in [0.05, 0.1) is 13.8 Å². The van der Waals surface area contributed by atoms with Crippen LogP contribution in [-0.4, -0.2) is 18.9 Å². The standard InChI is InChI=1S/C4H5BO2/c5-3-1-2(3)4(6)7/h2-3H,1H2,(H,6,7). The van der Waals surface area contributed by atoms with Crippen molar-refractivity contribution in [2.45, 2.75) is 12.2 Å². The molecule has 0 aliphatic heterocycles. The number of carboxylic acid groups (broad SMARTS) is 1. The molecule has 7 heavy (non-hydrogen) atoms. The molecule has 0 aromatic carbocycles. The van der Waals surface area contributed by atoms with Gasteiger partial charge in [0.25, 0.3) is 0 Å². The highest BCUT2D eigenvalue weighted by Gasteiger charge is 2.38. The quantitative estimate of drug-likeness (QED) is 0.468. The highest BCUT2D eigenvalue weighted by Crippen LogP contribution is 2.41. The highest BCUT2D eigenvalue weighted by atomic mass is 16.4. The average molecular weight is 95.9 g/mol. The van der Waals surface area contributed by atoms with E-state index in [0.29, 0.717) is 6.42 Å². The molecule has 1 rings (SSSR count). The summed E-state index contributed by atoms with van der Waals surface area (Å²) in [4.78, 5) is 9.89. The number of aliphatic carboxylic acids is 1. The van der Waals surface area contributed by atoms with Crippen molar-refractivity contribution >= 4 is 13.8 Å². The fourth-order valence-electron chi connectivity index (χ4n) is 0.499. The Balaban J connectivity index is 2.33. The van der Waals surface area contributed by atoms with Crippen LogP contribution < -0.4 is 0 Å². The molecule has 1 aliphatic carbocycles. The van der Waals surface area contributed by atoms with E-state index in [9.17, 15) is 4.79 Å². The third-order valence-electron chi connectivity index (χ3n) is 1.16. The molecule has 2 unspecified atom stereocenters. The van der Waals surface area contributed by atoms with E-state index in [2.05, 4.69) is 0 Å². The maximum atomic E-state index is 9.89. The minimum absolute atomic E-state index is 0.0579. The molecule has 1 N–H and O–H groups in total. The smallest absolute Gasteiger partial charge is 0.305 e. The molecule has 0 saturated heterocycles. The van der Waals surface area contributed by atoms with Gasteiger partial charge in [-0.1, -0.05) is 5.82 Å². The van der Waals surface area contributed by atoms with Gasteiger partial charge < -0.3 is 5.11 Å². The first-order chi connectivity index (χ1) is 3.22. The van der Waals surface area contributed by atoms with Gasteiger partial charge in [-0.15, -0.1) is 0 Å². The normalized spacial score (nSPS) is 37.7. The lowest BCUT2D eigenvalue weighted by Crippen LogP contribution is -1.96. The number of rotatable bonds is 1. The minimum atomic E-state index is -0.757. The lowest BCUT2D eigenvalue weighted by Gasteiger charge is -1.80. The lowest BCUT2D eigenvalue weighted by atomic mass is 10.0. The lowest BCUT2D eigenvalue weighted by molar-refractivity contribution is -0.138. The van der Waals surface area contributed by atoms with Gasteiger partial charge in [0.2, 0.25) is 0 Å². The second-order valence-electron chi connectivity index (χ2n) is 1.84. The molecule has 1 aliphatic rings. The van der Waals surface area contributed by atoms with Crippen molar-refractivity contribution < 1.29 is 9.90 Å². The zero-order chi connectivity index (χ0) is 5.44. The van der Waals surface area contributed by atoms with Gasteiger partial charge in [-0.25, -0.2) is 0 Å². The van der Waals surface area contributed by atoms with Crippen LogP contribution in [0.15, 0.2) is 0 Å². The van der Waals surface area contributed by atoms with Gasteiger partial charge in [0.15, 0.2) is 0 Å². The molecule has 0 spiro atoms. The zero-order valence-corrected chi connectivity index (χ0v) is 3.79. The number of carbonyl (C=O) groups is 1. The summed E-state index contributed by atoms with van der Waals surface area (Å²) in [6, 6.07) is 0. The average Bonchev–Trinajstić information content (AvgIpc) is 2.17.